The van der Waals surface area contributed by atoms with Crippen molar-refractivity contribution in [2.24, 2.45) is 0 Å². The largest absolute Gasteiger partial charge is 0.493 e. The second kappa shape index (κ2) is 13.2. The smallest absolute Gasteiger partial charge is 0.339 e. The third-order valence-corrected chi connectivity index (χ3v) is 6.56. The van der Waals surface area contributed by atoms with Crippen LogP contribution in [0.3, 0.4) is 0 Å². The van der Waals surface area contributed by atoms with Gasteiger partial charge in [0.25, 0.3) is 11.1 Å². The fraction of sp³-hybridized carbons (Fsp3) is 0.259. The molecule has 0 spiro atoms. The quantitative estimate of drug-likeness (QED) is 0.224. The molecule has 1 N–H and O–H groups in total. The molecule has 0 aliphatic carbocycles. The van der Waals surface area contributed by atoms with E-state index in [1.165, 1.54) is 32.4 Å². The van der Waals surface area contributed by atoms with E-state index in [2.05, 4.69) is 11.9 Å². The lowest BCUT2D eigenvalue weighted by atomic mass is 10.0. The van der Waals surface area contributed by atoms with Gasteiger partial charge in [-0.1, -0.05) is 24.6 Å². The van der Waals surface area contributed by atoms with E-state index in [1.54, 1.807) is 18.2 Å². The summed E-state index contributed by atoms with van der Waals surface area (Å²) in [6.45, 7) is 5.34. The molecule has 1 fully saturated rings. The minimum absolute atomic E-state index is 0.0951. The Morgan fingerprint density at radius 3 is 2.58 bits per heavy atom. The molecular formula is C27H27ClN2O7S. The lowest BCUT2D eigenvalue weighted by Gasteiger charge is -2.14. The summed E-state index contributed by atoms with van der Waals surface area (Å²) in [5, 5.41) is 2.17. The Morgan fingerprint density at radius 2 is 1.92 bits per heavy atom. The number of halogens is 1. The van der Waals surface area contributed by atoms with Crippen LogP contribution in [0, 0.1) is 0 Å². The summed E-state index contributed by atoms with van der Waals surface area (Å²) in [4.78, 5) is 51.4. The number of allylic oxidation sites excluding steroid dienone is 1. The highest BCUT2D eigenvalue weighted by atomic mass is 35.5. The standard InChI is InChI=1S/C27H27ClN2O7S/c1-5-7-17-11-16(12-21(35-3)24(17)36-4)13-22-25(32)30(27(34)38-22)15-23(31)29-18-8-9-20(28)19(14-18)26(33)37-10-6-2/h5,8-9,11-14H,1,6-7,10,15H2,2-4H3,(H,29,31)/b22-13-. The predicted octanol–water partition coefficient (Wildman–Crippen LogP) is 5.33. The molecule has 3 rings (SSSR count). The molecule has 1 aliphatic rings. The average molecular weight is 559 g/mol. The Labute approximate surface area is 229 Å². The van der Waals surface area contributed by atoms with Gasteiger partial charge in [-0.15, -0.1) is 6.58 Å². The van der Waals surface area contributed by atoms with Gasteiger partial charge in [-0.2, -0.15) is 0 Å². The Morgan fingerprint density at radius 1 is 1.16 bits per heavy atom. The minimum Gasteiger partial charge on any atom is -0.493 e. The molecule has 0 bridgehead atoms. The number of nitrogens with one attached hydrogen (secondary N) is 1. The van der Waals surface area contributed by atoms with Gasteiger partial charge in [0.2, 0.25) is 5.91 Å². The van der Waals surface area contributed by atoms with E-state index in [-0.39, 0.29) is 27.8 Å². The van der Waals surface area contributed by atoms with Crippen molar-refractivity contribution >= 4 is 58.1 Å². The highest BCUT2D eigenvalue weighted by Gasteiger charge is 2.36. The molecule has 3 amide bonds. The number of esters is 1. The maximum atomic E-state index is 13.0. The maximum Gasteiger partial charge on any atom is 0.339 e. The zero-order chi connectivity index (χ0) is 27.8. The van der Waals surface area contributed by atoms with E-state index in [0.717, 1.165) is 22.2 Å². The summed E-state index contributed by atoms with van der Waals surface area (Å²) < 4.78 is 15.9. The summed E-state index contributed by atoms with van der Waals surface area (Å²) in [5.41, 5.74) is 1.79. The molecule has 0 saturated carbocycles. The number of methoxy groups -OCH3 is 2. The SMILES string of the molecule is C=CCc1cc(/C=C2\SC(=O)N(CC(=O)Nc3ccc(Cl)c(C(=O)OCCC)c3)C2=O)cc(OC)c1OC. The van der Waals surface area contributed by atoms with E-state index < -0.39 is 29.6 Å². The highest BCUT2D eigenvalue weighted by molar-refractivity contribution is 8.18. The van der Waals surface area contributed by atoms with Gasteiger partial charge in [0.1, 0.15) is 6.54 Å². The molecule has 0 unspecified atom stereocenters. The van der Waals surface area contributed by atoms with Crippen molar-refractivity contribution in [3.63, 3.8) is 0 Å². The molecule has 1 aliphatic heterocycles. The van der Waals surface area contributed by atoms with Crippen molar-refractivity contribution < 1.29 is 33.4 Å². The van der Waals surface area contributed by atoms with Crippen LogP contribution in [0.1, 0.15) is 34.8 Å². The van der Waals surface area contributed by atoms with Crippen LogP contribution in [0.4, 0.5) is 10.5 Å². The lowest BCUT2D eigenvalue weighted by Crippen LogP contribution is -2.36. The third-order valence-electron chi connectivity index (χ3n) is 5.32. The molecule has 11 heteroatoms. The number of hydrogen-bond donors (Lipinski definition) is 1. The van der Waals surface area contributed by atoms with Gasteiger partial charge in [-0.3, -0.25) is 19.3 Å². The van der Waals surface area contributed by atoms with Crippen LogP contribution in [-0.4, -0.2) is 55.3 Å². The fourth-order valence-electron chi connectivity index (χ4n) is 3.62. The van der Waals surface area contributed by atoms with E-state index in [0.29, 0.717) is 29.9 Å². The van der Waals surface area contributed by atoms with Gasteiger partial charge in [0.15, 0.2) is 11.5 Å². The number of rotatable bonds is 11. The number of anilines is 1. The van der Waals surface area contributed by atoms with Crippen LogP contribution in [-0.2, 0) is 20.7 Å². The topological polar surface area (TPSA) is 111 Å². The summed E-state index contributed by atoms with van der Waals surface area (Å²) in [6, 6.07) is 7.83. The van der Waals surface area contributed by atoms with Crippen LogP contribution >= 0.6 is 23.4 Å². The maximum absolute atomic E-state index is 13.0. The first-order valence-corrected chi connectivity index (χ1v) is 12.8. The number of imide groups is 1. The molecule has 2 aromatic carbocycles. The first kappa shape index (κ1) is 28.8. The molecule has 0 aromatic heterocycles. The Balaban J connectivity index is 1.75. The molecule has 9 nitrogen and oxygen atoms in total. The minimum atomic E-state index is -0.622. The summed E-state index contributed by atoms with van der Waals surface area (Å²) in [7, 11) is 3.03. The number of nitrogens with zero attached hydrogens (tertiary/aromatic N) is 1. The van der Waals surface area contributed by atoms with Gasteiger partial charge in [0, 0.05) is 11.3 Å². The monoisotopic (exact) mass is 558 g/mol. The van der Waals surface area contributed by atoms with Gasteiger partial charge in [0.05, 0.1) is 36.3 Å². The van der Waals surface area contributed by atoms with Crippen molar-refractivity contribution in [2.75, 3.05) is 32.7 Å². The molecule has 2 aromatic rings. The number of thioether (sulfide) groups is 1. The average Bonchev–Trinajstić information content (AvgIpc) is 3.15. The molecule has 38 heavy (non-hydrogen) atoms. The lowest BCUT2D eigenvalue weighted by molar-refractivity contribution is -0.127. The van der Waals surface area contributed by atoms with Crippen LogP contribution in [0.25, 0.3) is 6.08 Å². The Bertz CT molecular complexity index is 1310. The van der Waals surface area contributed by atoms with Gasteiger partial charge in [-0.05, 0) is 66.6 Å². The van der Waals surface area contributed by atoms with Crippen molar-refractivity contribution in [2.45, 2.75) is 19.8 Å². The molecule has 200 valence electrons. The normalized spacial score (nSPS) is 14.0. The van der Waals surface area contributed by atoms with Crippen molar-refractivity contribution in [1.82, 2.24) is 4.90 Å². The van der Waals surface area contributed by atoms with Crippen molar-refractivity contribution in [3.05, 3.63) is 69.6 Å². The Kier molecular flexibility index (Phi) is 9.98. The van der Waals surface area contributed by atoms with Crippen molar-refractivity contribution in [3.8, 4) is 11.5 Å². The van der Waals surface area contributed by atoms with Gasteiger partial charge in [-0.25, -0.2) is 4.79 Å². The number of ether oxygens (including phenoxy) is 3. The van der Waals surface area contributed by atoms with E-state index in [1.807, 2.05) is 13.0 Å². The molecule has 0 radical (unpaired) electrons. The predicted molar refractivity (Wildman–Crippen MR) is 147 cm³/mol. The van der Waals surface area contributed by atoms with Gasteiger partial charge < -0.3 is 19.5 Å². The number of carbonyl (C=O) groups is 4. The summed E-state index contributed by atoms with van der Waals surface area (Å²) in [6.07, 6.45) is 4.43. The zero-order valence-electron chi connectivity index (χ0n) is 21.2. The number of carbonyl (C=O) groups excluding carboxylic acids is 4. The summed E-state index contributed by atoms with van der Waals surface area (Å²) >= 11 is 6.82. The second-order valence-electron chi connectivity index (χ2n) is 8.05. The van der Waals surface area contributed by atoms with Crippen LogP contribution in [0.15, 0.2) is 47.9 Å². The highest BCUT2D eigenvalue weighted by Crippen LogP contribution is 2.37. The second-order valence-corrected chi connectivity index (χ2v) is 9.46. The summed E-state index contributed by atoms with van der Waals surface area (Å²) in [5.74, 6) is -0.815. The van der Waals surface area contributed by atoms with Crippen LogP contribution in [0.5, 0.6) is 11.5 Å². The number of hydrogen-bond acceptors (Lipinski definition) is 8. The van der Waals surface area contributed by atoms with E-state index >= 15 is 0 Å². The molecule has 1 heterocycles. The first-order valence-electron chi connectivity index (χ1n) is 11.6. The first-order chi connectivity index (χ1) is 18.2. The molecule has 0 atom stereocenters. The van der Waals surface area contributed by atoms with Gasteiger partial charge >= 0.3 is 5.97 Å². The fourth-order valence-corrected chi connectivity index (χ4v) is 4.65. The molecular weight excluding hydrogens is 532 g/mol. The van der Waals surface area contributed by atoms with Crippen molar-refractivity contribution in [1.29, 1.82) is 0 Å². The number of amides is 3. The number of benzene rings is 2. The van der Waals surface area contributed by atoms with Crippen LogP contribution in [0.2, 0.25) is 5.02 Å². The zero-order valence-corrected chi connectivity index (χ0v) is 22.7. The van der Waals surface area contributed by atoms with E-state index in [4.69, 9.17) is 25.8 Å². The Hall–Kier alpha value is -3.76. The van der Waals surface area contributed by atoms with E-state index in [9.17, 15) is 19.2 Å². The van der Waals surface area contributed by atoms with Crippen LogP contribution < -0.4 is 14.8 Å². The third kappa shape index (κ3) is 6.76. The molecule has 1 saturated heterocycles.